The van der Waals surface area contributed by atoms with Gasteiger partial charge in [0, 0.05) is 18.4 Å². The molecule has 5 heteroatoms. The lowest BCUT2D eigenvalue weighted by Gasteiger charge is -2.01. The van der Waals surface area contributed by atoms with Gasteiger partial charge in [0.2, 0.25) is 0 Å². The number of carboxylic acids is 1. The number of hydrogen-bond acceptors (Lipinski definition) is 2. The van der Waals surface area contributed by atoms with Crippen LogP contribution in [0.15, 0.2) is 18.2 Å². The van der Waals surface area contributed by atoms with E-state index in [4.69, 9.17) is 16.7 Å². The lowest BCUT2D eigenvalue weighted by molar-refractivity contribution is -0.137. The Bertz CT molecular complexity index is 418. The number of rotatable bonds is 5. The van der Waals surface area contributed by atoms with Crippen LogP contribution >= 0.6 is 11.6 Å². The van der Waals surface area contributed by atoms with Crippen LogP contribution in [-0.4, -0.2) is 16.9 Å². The van der Waals surface area contributed by atoms with E-state index in [1.165, 1.54) is 12.1 Å². The van der Waals surface area contributed by atoms with Crippen LogP contribution in [0.5, 0.6) is 0 Å². The van der Waals surface area contributed by atoms with E-state index < -0.39 is 11.8 Å². The van der Waals surface area contributed by atoms with Gasteiger partial charge in [0.05, 0.1) is 5.02 Å². The van der Waals surface area contributed by atoms with Gasteiger partial charge in [0.25, 0.3) is 0 Å². The van der Waals surface area contributed by atoms with E-state index in [1.807, 2.05) is 0 Å². The van der Waals surface area contributed by atoms with E-state index in [-0.39, 0.29) is 35.6 Å². The zero-order valence-electron chi connectivity index (χ0n) is 8.37. The van der Waals surface area contributed by atoms with Gasteiger partial charge >= 0.3 is 5.97 Å². The molecule has 0 aliphatic heterocycles. The highest BCUT2D eigenvalue weighted by Crippen LogP contribution is 2.17. The van der Waals surface area contributed by atoms with E-state index in [1.54, 1.807) is 0 Å². The highest BCUT2D eigenvalue weighted by atomic mass is 35.5. The molecule has 16 heavy (non-hydrogen) atoms. The van der Waals surface area contributed by atoms with Crippen molar-refractivity contribution in [2.24, 2.45) is 0 Å². The summed E-state index contributed by atoms with van der Waals surface area (Å²) in [7, 11) is 0. The topological polar surface area (TPSA) is 54.4 Å². The predicted octanol–water partition coefficient (Wildman–Crippen LogP) is 2.92. The summed E-state index contributed by atoms with van der Waals surface area (Å²) in [5.74, 6) is -1.88. The van der Waals surface area contributed by atoms with Crippen LogP contribution in [0.4, 0.5) is 4.39 Å². The summed E-state index contributed by atoms with van der Waals surface area (Å²) in [6, 6.07) is 3.79. The molecular weight excluding hydrogens is 235 g/mol. The Kier molecular flexibility index (Phi) is 4.43. The maximum Gasteiger partial charge on any atom is 0.303 e. The van der Waals surface area contributed by atoms with Gasteiger partial charge < -0.3 is 5.11 Å². The highest BCUT2D eigenvalue weighted by Gasteiger charge is 2.09. The van der Waals surface area contributed by atoms with Gasteiger partial charge in [0.1, 0.15) is 5.82 Å². The average Bonchev–Trinajstić information content (AvgIpc) is 2.21. The molecule has 0 heterocycles. The number of benzene rings is 1. The van der Waals surface area contributed by atoms with Gasteiger partial charge in [-0.05, 0) is 24.6 Å². The smallest absolute Gasteiger partial charge is 0.303 e. The van der Waals surface area contributed by atoms with Crippen LogP contribution in [0, 0.1) is 5.82 Å². The van der Waals surface area contributed by atoms with Crippen molar-refractivity contribution in [2.45, 2.75) is 19.3 Å². The molecule has 0 atom stereocenters. The Hall–Kier alpha value is -1.42. The van der Waals surface area contributed by atoms with Gasteiger partial charge in [-0.25, -0.2) is 4.39 Å². The average molecular weight is 245 g/mol. The summed E-state index contributed by atoms with van der Waals surface area (Å²) in [5.41, 5.74) is 0.215. The molecule has 1 aromatic rings. The number of ketones is 1. The van der Waals surface area contributed by atoms with Crippen molar-refractivity contribution in [3.05, 3.63) is 34.6 Å². The second-order valence-corrected chi connectivity index (χ2v) is 3.71. The Morgan fingerprint density at radius 3 is 2.56 bits per heavy atom. The molecule has 0 aliphatic rings. The fourth-order valence-corrected chi connectivity index (χ4v) is 1.33. The number of Topliss-reactive ketones (excluding diaryl/α,β-unsaturated/α-hetero) is 1. The summed E-state index contributed by atoms with van der Waals surface area (Å²) < 4.78 is 13.0. The molecule has 1 N–H and O–H groups in total. The maximum absolute atomic E-state index is 13.0. The molecule has 0 aliphatic carbocycles. The van der Waals surface area contributed by atoms with Crippen molar-refractivity contribution in [3.63, 3.8) is 0 Å². The van der Waals surface area contributed by atoms with Crippen molar-refractivity contribution < 1.29 is 19.1 Å². The Morgan fingerprint density at radius 1 is 1.31 bits per heavy atom. The minimum Gasteiger partial charge on any atom is -0.481 e. The number of hydrogen-bond donors (Lipinski definition) is 1. The molecule has 0 radical (unpaired) electrons. The molecule has 0 saturated heterocycles. The van der Waals surface area contributed by atoms with E-state index in [0.29, 0.717) is 0 Å². The van der Waals surface area contributed by atoms with Gasteiger partial charge in [-0.2, -0.15) is 0 Å². The third-order valence-corrected chi connectivity index (χ3v) is 2.34. The standard InChI is InChI=1S/C11H10ClFO3/c12-8-5-4-7(6-9(8)13)10(14)2-1-3-11(15)16/h4-6H,1-3H2,(H,15,16). The normalized spacial score (nSPS) is 10.1. The van der Waals surface area contributed by atoms with Crippen LogP contribution in [0.3, 0.4) is 0 Å². The van der Waals surface area contributed by atoms with E-state index in [0.717, 1.165) is 6.07 Å². The molecule has 1 rings (SSSR count). The Labute approximate surface area is 96.8 Å². The minimum atomic E-state index is -0.949. The molecule has 0 unspecified atom stereocenters. The van der Waals surface area contributed by atoms with Gasteiger partial charge in [0.15, 0.2) is 5.78 Å². The number of aliphatic carboxylic acids is 1. The first-order valence-electron chi connectivity index (χ1n) is 4.70. The van der Waals surface area contributed by atoms with Crippen LogP contribution < -0.4 is 0 Å². The summed E-state index contributed by atoms with van der Waals surface area (Å²) in [4.78, 5) is 21.7. The second kappa shape index (κ2) is 5.61. The molecule has 0 aromatic heterocycles. The molecule has 0 bridgehead atoms. The third kappa shape index (κ3) is 3.62. The lowest BCUT2D eigenvalue weighted by atomic mass is 10.1. The first-order valence-corrected chi connectivity index (χ1v) is 5.08. The zero-order valence-corrected chi connectivity index (χ0v) is 9.13. The Balaban J connectivity index is 2.59. The van der Waals surface area contributed by atoms with Crippen LogP contribution in [0.2, 0.25) is 5.02 Å². The largest absolute Gasteiger partial charge is 0.481 e. The number of carboxylic acid groups (broad SMARTS) is 1. The predicted molar refractivity (Wildman–Crippen MR) is 57.2 cm³/mol. The minimum absolute atomic E-state index is 0.0397. The zero-order chi connectivity index (χ0) is 12.1. The van der Waals surface area contributed by atoms with Crippen molar-refractivity contribution in [2.75, 3.05) is 0 Å². The third-order valence-electron chi connectivity index (χ3n) is 2.04. The van der Waals surface area contributed by atoms with Gasteiger partial charge in [-0.15, -0.1) is 0 Å². The number of halogens is 2. The van der Waals surface area contributed by atoms with E-state index in [9.17, 15) is 14.0 Å². The molecule has 0 amide bonds. The van der Waals surface area contributed by atoms with E-state index >= 15 is 0 Å². The summed E-state index contributed by atoms with van der Waals surface area (Å²) in [6.07, 6.45) is 0.271. The van der Waals surface area contributed by atoms with Crippen molar-refractivity contribution >= 4 is 23.4 Å². The first-order chi connectivity index (χ1) is 7.50. The fraction of sp³-hybridized carbons (Fsp3) is 0.273. The monoisotopic (exact) mass is 244 g/mol. The first kappa shape index (κ1) is 12.6. The molecular formula is C11H10ClFO3. The van der Waals surface area contributed by atoms with Gasteiger partial charge in [-0.3, -0.25) is 9.59 Å². The SMILES string of the molecule is O=C(O)CCCC(=O)c1ccc(Cl)c(F)c1. The highest BCUT2D eigenvalue weighted by molar-refractivity contribution is 6.30. The van der Waals surface area contributed by atoms with Crippen LogP contribution in [0.25, 0.3) is 0 Å². The molecule has 1 aromatic carbocycles. The van der Waals surface area contributed by atoms with Crippen molar-refractivity contribution in [3.8, 4) is 0 Å². The van der Waals surface area contributed by atoms with Crippen molar-refractivity contribution in [1.82, 2.24) is 0 Å². The maximum atomic E-state index is 13.0. The number of carbonyl (C=O) groups is 2. The number of carbonyl (C=O) groups excluding carboxylic acids is 1. The molecule has 0 spiro atoms. The molecule has 0 fully saturated rings. The second-order valence-electron chi connectivity index (χ2n) is 3.30. The van der Waals surface area contributed by atoms with Gasteiger partial charge in [-0.1, -0.05) is 11.6 Å². The quantitative estimate of drug-likeness (QED) is 0.811. The molecule has 86 valence electrons. The molecule has 0 saturated carbocycles. The molecule has 3 nitrogen and oxygen atoms in total. The Morgan fingerprint density at radius 2 is 2.00 bits per heavy atom. The summed E-state index contributed by atoms with van der Waals surface area (Å²) >= 11 is 5.47. The van der Waals surface area contributed by atoms with Crippen LogP contribution in [-0.2, 0) is 4.79 Å². The van der Waals surface area contributed by atoms with Crippen molar-refractivity contribution in [1.29, 1.82) is 0 Å². The van der Waals surface area contributed by atoms with Crippen LogP contribution in [0.1, 0.15) is 29.6 Å². The fourth-order valence-electron chi connectivity index (χ4n) is 1.21. The lowest BCUT2D eigenvalue weighted by Crippen LogP contribution is -2.02. The van der Waals surface area contributed by atoms with E-state index in [2.05, 4.69) is 0 Å². The summed E-state index contributed by atoms with van der Waals surface area (Å²) in [5, 5.41) is 8.35. The summed E-state index contributed by atoms with van der Waals surface area (Å²) in [6.45, 7) is 0.